The zero-order valence-electron chi connectivity index (χ0n) is 22.0. The standard InChI is InChI=1S/C27H35N5O4/c1-18(2)31(26(34)30-27(3,4)5)17-24(33)29-25-28-23(19-9-8-10-22(15-19)36-7)16-32(25)20-11-13-21(35-6)14-12-20/h8-16,18H,17H2,1-7H3,(H,30,34)(H,28,29,33). The van der Waals surface area contributed by atoms with E-state index >= 15 is 0 Å². The third-order valence-corrected chi connectivity index (χ3v) is 5.35. The van der Waals surface area contributed by atoms with Gasteiger partial charge in [-0.15, -0.1) is 0 Å². The first-order chi connectivity index (χ1) is 17.0. The summed E-state index contributed by atoms with van der Waals surface area (Å²) < 4.78 is 12.4. The summed E-state index contributed by atoms with van der Waals surface area (Å²) in [5.41, 5.74) is 1.87. The van der Waals surface area contributed by atoms with Crippen LogP contribution in [0.15, 0.2) is 54.7 Å². The Bertz CT molecular complexity index is 1200. The Balaban J connectivity index is 1.92. The molecule has 0 aliphatic carbocycles. The lowest BCUT2D eigenvalue weighted by Gasteiger charge is -2.30. The molecular weight excluding hydrogens is 458 g/mol. The number of amides is 3. The van der Waals surface area contributed by atoms with Gasteiger partial charge in [0.2, 0.25) is 11.9 Å². The van der Waals surface area contributed by atoms with Crippen LogP contribution in [0.5, 0.6) is 11.5 Å². The molecule has 3 rings (SSSR count). The number of rotatable bonds is 8. The van der Waals surface area contributed by atoms with Crippen LogP contribution in [0.1, 0.15) is 34.6 Å². The van der Waals surface area contributed by atoms with Crippen molar-refractivity contribution in [3.63, 3.8) is 0 Å². The van der Waals surface area contributed by atoms with Gasteiger partial charge in [0.1, 0.15) is 18.0 Å². The second-order valence-electron chi connectivity index (χ2n) is 9.70. The molecule has 2 aromatic carbocycles. The maximum atomic E-state index is 13.1. The normalized spacial score (nSPS) is 11.2. The molecule has 9 nitrogen and oxygen atoms in total. The highest BCUT2D eigenvalue weighted by Gasteiger charge is 2.25. The van der Waals surface area contributed by atoms with Crippen LogP contribution in [-0.4, -0.2) is 58.7 Å². The molecule has 0 aliphatic heterocycles. The van der Waals surface area contributed by atoms with Crippen molar-refractivity contribution in [2.45, 2.75) is 46.2 Å². The zero-order chi connectivity index (χ0) is 26.5. The Kier molecular flexibility index (Phi) is 8.24. The number of imidazole rings is 1. The van der Waals surface area contributed by atoms with Crippen LogP contribution in [0.25, 0.3) is 16.9 Å². The van der Waals surface area contributed by atoms with E-state index in [1.54, 1.807) is 18.8 Å². The molecule has 0 saturated heterocycles. The molecule has 0 unspecified atom stereocenters. The molecule has 192 valence electrons. The minimum Gasteiger partial charge on any atom is -0.497 e. The lowest BCUT2D eigenvalue weighted by Crippen LogP contribution is -2.52. The Morgan fingerprint density at radius 2 is 1.69 bits per heavy atom. The molecule has 0 atom stereocenters. The van der Waals surface area contributed by atoms with E-state index in [0.29, 0.717) is 17.4 Å². The van der Waals surface area contributed by atoms with Crippen molar-refractivity contribution in [3.8, 4) is 28.4 Å². The monoisotopic (exact) mass is 493 g/mol. The summed E-state index contributed by atoms with van der Waals surface area (Å²) >= 11 is 0. The molecule has 36 heavy (non-hydrogen) atoms. The molecule has 0 spiro atoms. The van der Waals surface area contributed by atoms with Gasteiger partial charge >= 0.3 is 6.03 Å². The van der Waals surface area contributed by atoms with Gasteiger partial charge in [-0.05, 0) is 71.0 Å². The van der Waals surface area contributed by atoms with Gasteiger partial charge in [-0.25, -0.2) is 9.78 Å². The highest BCUT2D eigenvalue weighted by atomic mass is 16.5. The van der Waals surface area contributed by atoms with Crippen molar-refractivity contribution in [3.05, 3.63) is 54.7 Å². The molecule has 9 heteroatoms. The van der Waals surface area contributed by atoms with Gasteiger partial charge in [0.15, 0.2) is 0 Å². The molecule has 0 fully saturated rings. The zero-order valence-corrected chi connectivity index (χ0v) is 22.0. The topological polar surface area (TPSA) is 97.7 Å². The third kappa shape index (κ3) is 6.78. The number of aromatic nitrogens is 2. The molecule has 0 saturated carbocycles. The largest absolute Gasteiger partial charge is 0.497 e. The van der Waals surface area contributed by atoms with Gasteiger partial charge in [-0.1, -0.05) is 12.1 Å². The van der Waals surface area contributed by atoms with E-state index in [-0.39, 0.29) is 24.5 Å². The molecular formula is C27H35N5O4. The van der Waals surface area contributed by atoms with E-state index in [2.05, 4.69) is 10.6 Å². The molecule has 3 aromatic rings. The van der Waals surface area contributed by atoms with E-state index in [4.69, 9.17) is 14.5 Å². The van der Waals surface area contributed by atoms with Crippen molar-refractivity contribution in [1.29, 1.82) is 0 Å². The Morgan fingerprint density at radius 3 is 2.28 bits per heavy atom. The van der Waals surface area contributed by atoms with E-state index in [1.807, 2.05) is 89.3 Å². The number of nitrogens with zero attached hydrogens (tertiary/aromatic N) is 3. The lowest BCUT2D eigenvalue weighted by molar-refractivity contribution is -0.117. The number of nitrogens with one attached hydrogen (secondary N) is 2. The summed E-state index contributed by atoms with van der Waals surface area (Å²) in [6.45, 7) is 9.31. The lowest BCUT2D eigenvalue weighted by atomic mass is 10.1. The van der Waals surface area contributed by atoms with E-state index in [9.17, 15) is 9.59 Å². The average Bonchev–Trinajstić information content (AvgIpc) is 3.25. The van der Waals surface area contributed by atoms with Gasteiger partial charge in [0.05, 0.1) is 19.9 Å². The quantitative estimate of drug-likeness (QED) is 0.474. The SMILES string of the molecule is COc1ccc(-n2cc(-c3cccc(OC)c3)nc2NC(=O)CN(C(=O)NC(C)(C)C)C(C)C)cc1. The number of carbonyl (C=O) groups excluding carboxylic acids is 2. The number of carbonyl (C=O) groups is 2. The third-order valence-electron chi connectivity index (χ3n) is 5.35. The summed E-state index contributed by atoms with van der Waals surface area (Å²) in [6, 6.07) is 14.5. The smallest absolute Gasteiger partial charge is 0.318 e. The van der Waals surface area contributed by atoms with Gasteiger partial charge in [-0.2, -0.15) is 0 Å². The molecule has 1 heterocycles. The number of ether oxygens (including phenoxy) is 2. The summed E-state index contributed by atoms with van der Waals surface area (Å²) in [5, 5.41) is 5.80. The van der Waals surface area contributed by atoms with Crippen molar-refractivity contribution in [2.75, 3.05) is 26.1 Å². The summed E-state index contributed by atoms with van der Waals surface area (Å²) in [7, 11) is 3.21. The van der Waals surface area contributed by atoms with Gasteiger partial charge < -0.3 is 19.7 Å². The predicted molar refractivity (Wildman–Crippen MR) is 141 cm³/mol. The molecule has 2 N–H and O–H groups in total. The molecule has 3 amide bonds. The first kappa shape index (κ1) is 26.6. The van der Waals surface area contributed by atoms with E-state index in [0.717, 1.165) is 17.0 Å². The Morgan fingerprint density at radius 1 is 1.03 bits per heavy atom. The number of hydrogen-bond donors (Lipinski definition) is 2. The van der Waals surface area contributed by atoms with Gasteiger partial charge in [-0.3, -0.25) is 14.7 Å². The average molecular weight is 494 g/mol. The first-order valence-electron chi connectivity index (χ1n) is 11.8. The van der Waals surface area contributed by atoms with E-state index < -0.39 is 5.54 Å². The van der Waals surface area contributed by atoms with Crippen molar-refractivity contribution in [1.82, 2.24) is 19.8 Å². The fourth-order valence-corrected chi connectivity index (χ4v) is 3.53. The minimum absolute atomic E-state index is 0.121. The number of hydrogen-bond acceptors (Lipinski definition) is 5. The first-order valence-corrected chi connectivity index (χ1v) is 11.8. The van der Waals surface area contributed by atoms with Crippen molar-refractivity contribution in [2.24, 2.45) is 0 Å². The summed E-state index contributed by atoms with van der Waals surface area (Å²) in [4.78, 5) is 32.1. The van der Waals surface area contributed by atoms with Crippen LogP contribution < -0.4 is 20.1 Å². The summed E-state index contributed by atoms with van der Waals surface area (Å²) in [5.74, 6) is 1.40. The fraction of sp³-hybridized carbons (Fsp3) is 0.370. The molecule has 0 bridgehead atoms. The Hall–Kier alpha value is -4.01. The predicted octanol–water partition coefficient (Wildman–Crippen LogP) is 4.71. The van der Waals surface area contributed by atoms with Crippen LogP contribution in [0.4, 0.5) is 10.7 Å². The van der Waals surface area contributed by atoms with Crippen LogP contribution >= 0.6 is 0 Å². The molecule has 0 aliphatic rings. The highest BCUT2D eigenvalue weighted by Crippen LogP contribution is 2.27. The maximum Gasteiger partial charge on any atom is 0.318 e. The van der Waals surface area contributed by atoms with Crippen LogP contribution in [-0.2, 0) is 4.79 Å². The maximum absolute atomic E-state index is 13.1. The van der Waals surface area contributed by atoms with E-state index in [1.165, 1.54) is 4.90 Å². The number of methoxy groups -OCH3 is 2. The van der Waals surface area contributed by atoms with Crippen molar-refractivity contribution >= 4 is 17.9 Å². The number of benzene rings is 2. The Labute approximate surface area is 212 Å². The molecule has 0 radical (unpaired) electrons. The van der Waals surface area contributed by atoms with Crippen molar-refractivity contribution < 1.29 is 19.1 Å². The second kappa shape index (κ2) is 11.2. The van der Waals surface area contributed by atoms with Gasteiger partial charge in [0, 0.05) is 29.0 Å². The minimum atomic E-state index is -0.420. The number of anilines is 1. The van der Waals surface area contributed by atoms with Crippen LogP contribution in [0.2, 0.25) is 0 Å². The second-order valence-corrected chi connectivity index (χ2v) is 9.70. The van der Waals surface area contributed by atoms with Gasteiger partial charge in [0.25, 0.3) is 0 Å². The summed E-state index contributed by atoms with van der Waals surface area (Å²) in [6.07, 6.45) is 1.85. The van der Waals surface area contributed by atoms with Crippen LogP contribution in [0, 0.1) is 0 Å². The number of urea groups is 1. The van der Waals surface area contributed by atoms with Crippen LogP contribution in [0.3, 0.4) is 0 Å². The molecule has 1 aromatic heterocycles. The highest BCUT2D eigenvalue weighted by molar-refractivity contribution is 5.93. The fourth-order valence-electron chi connectivity index (χ4n) is 3.53.